The molecule has 2 heterocycles. The first kappa shape index (κ1) is 14.1. The molecular formula is C17H22N4. The van der Waals surface area contributed by atoms with E-state index in [1.54, 1.807) is 6.20 Å². The van der Waals surface area contributed by atoms with Crippen LogP contribution in [0.25, 0.3) is 0 Å². The van der Waals surface area contributed by atoms with Gasteiger partial charge < -0.3 is 5.32 Å². The van der Waals surface area contributed by atoms with Crippen LogP contribution in [0.1, 0.15) is 54.9 Å². The van der Waals surface area contributed by atoms with Crippen LogP contribution in [-0.4, -0.2) is 21.5 Å². The highest BCUT2D eigenvalue weighted by Crippen LogP contribution is 2.27. The maximum atomic E-state index is 4.82. The summed E-state index contributed by atoms with van der Waals surface area (Å²) in [7, 11) is 0. The van der Waals surface area contributed by atoms with Gasteiger partial charge in [0.2, 0.25) is 0 Å². The average molecular weight is 282 g/mol. The molecule has 2 aromatic rings. The van der Waals surface area contributed by atoms with Crippen molar-refractivity contribution in [3.63, 3.8) is 0 Å². The van der Waals surface area contributed by atoms with Crippen LogP contribution in [0.5, 0.6) is 0 Å². The van der Waals surface area contributed by atoms with E-state index in [0.29, 0.717) is 6.04 Å². The van der Waals surface area contributed by atoms with Crippen LogP contribution >= 0.6 is 0 Å². The highest BCUT2D eigenvalue weighted by molar-refractivity contribution is 5.25. The van der Waals surface area contributed by atoms with Gasteiger partial charge in [-0.3, -0.25) is 4.98 Å². The molecule has 0 spiro atoms. The summed E-state index contributed by atoms with van der Waals surface area (Å²) in [5.74, 6) is 0.902. The largest absolute Gasteiger partial charge is 0.310 e. The number of pyridine rings is 1. The van der Waals surface area contributed by atoms with E-state index in [4.69, 9.17) is 4.98 Å². The van der Waals surface area contributed by atoms with Crippen LogP contribution < -0.4 is 5.32 Å². The minimum absolute atomic E-state index is 0.417. The fraction of sp³-hybridized carbons (Fsp3) is 0.471. The number of nitrogens with zero attached hydrogens (tertiary/aromatic N) is 3. The third-order valence-corrected chi connectivity index (χ3v) is 4.02. The lowest BCUT2D eigenvalue weighted by Crippen LogP contribution is -2.22. The third kappa shape index (κ3) is 3.45. The number of hydrogen-bond acceptors (Lipinski definition) is 4. The number of rotatable bonds is 4. The molecular weight excluding hydrogens is 260 g/mol. The summed E-state index contributed by atoms with van der Waals surface area (Å²) >= 11 is 0. The molecule has 0 amide bonds. The van der Waals surface area contributed by atoms with E-state index < -0.39 is 0 Å². The van der Waals surface area contributed by atoms with Crippen LogP contribution in [0.3, 0.4) is 0 Å². The Balaban J connectivity index is 1.84. The Bertz CT molecular complexity index is 583. The summed E-state index contributed by atoms with van der Waals surface area (Å²) in [6.45, 7) is 3.14. The highest BCUT2D eigenvalue weighted by atomic mass is 14.9. The predicted octanol–water partition coefficient (Wildman–Crippen LogP) is 2.84. The van der Waals surface area contributed by atoms with Crippen LogP contribution in [0, 0.1) is 0 Å². The molecule has 1 aliphatic rings. The van der Waals surface area contributed by atoms with Gasteiger partial charge in [-0.15, -0.1) is 0 Å². The highest BCUT2D eigenvalue weighted by Gasteiger charge is 2.19. The molecule has 110 valence electrons. The second-order valence-electron chi connectivity index (χ2n) is 5.58. The molecule has 0 radical (unpaired) electrons. The second kappa shape index (κ2) is 6.76. The smallest absolute Gasteiger partial charge is 0.132 e. The molecule has 4 heteroatoms. The van der Waals surface area contributed by atoms with E-state index in [9.17, 15) is 0 Å². The lowest BCUT2D eigenvalue weighted by molar-refractivity contribution is 0.502. The Hall–Kier alpha value is -1.81. The van der Waals surface area contributed by atoms with Crippen LogP contribution in [-0.2, 0) is 12.8 Å². The van der Waals surface area contributed by atoms with Crippen molar-refractivity contribution in [2.24, 2.45) is 0 Å². The van der Waals surface area contributed by atoms with Crippen molar-refractivity contribution in [1.29, 1.82) is 0 Å². The van der Waals surface area contributed by atoms with Crippen molar-refractivity contribution in [3.8, 4) is 0 Å². The molecule has 0 saturated carbocycles. The molecule has 1 aliphatic carbocycles. The topological polar surface area (TPSA) is 50.7 Å². The minimum atomic E-state index is 0.417. The standard InChI is InChI=1S/C17H22N4/c1-2-19-15-7-3-4-8-16-14(15)12-20-17(21-16)10-13-6-5-9-18-11-13/h5-6,9,11-12,15,19H,2-4,7-8,10H2,1H3. The minimum Gasteiger partial charge on any atom is -0.310 e. The number of hydrogen-bond donors (Lipinski definition) is 1. The molecule has 1 unspecified atom stereocenters. The molecule has 3 rings (SSSR count). The van der Waals surface area contributed by atoms with Crippen molar-refractivity contribution in [1.82, 2.24) is 20.3 Å². The summed E-state index contributed by atoms with van der Waals surface area (Å²) in [5, 5.41) is 3.56. The van der Waals surface area contributed by atoms with Gasteiger partial charge in [0.05, 0.1) is 0 Å². The summed E-state index contributed by atoms with van der Waals surface area (Å²) in [6.07, 6.45) is 11.2. The second-order valence-corrected chi connectivity index (χ2v) is 5.58. The fourth-order valence-electron chi connectivity index (χ4n) is 2.98. The van der Waals surface area contributed by atoms with Gasteiger partial charge in [-0.1, -0.05) is 19.4 Å². The molecule has 0 aromatic carbocycles. The van der Waals surface area contributed by atoms with E-state index in [-0.39, 0.29) is 0 Å². The Kier molecular flexibility index (Phi) is 4.55. The van der Waals surface area contributed by atoms with E-state index in [2.05, 4.69) is 28.3 Å². The van der Waals surface area contributed by atoms with Crippen molar-refractivity contribution in [3.05, 3.63) is 53.4 Å². The lowest BCUT2D eigenvalue weighted by Gasteiger charge is -2.17. The zero-order valence-corrected chi connectivity index (χ0v) is 12.5. The van der Waals surface area contributed by atoms with Crippen LogP contribution in [0.2, 0.25) is 0 Å². The quantitative estimate of drug-likeness (QED) is 0.876. The number of fused-ring (bicyclic) bond motifs is 1. The third-order valence-electron chi connectivity index (χ3n) is 4.02. The molecule has 0 fully saturated rings. The Morgan fingerprint density at radius 3 is 3.05 bits per heavy atom. The van der Waals surface area contributed by atoms with Crippen LogP contribution in [0.4, 0.5) is 0 Å². The Morgan fingerprint density at radius 2 is 2.24 bits per heavy atom. The van der Waals surface area contributed by atoms with Crippen LogP contribution in [0.15, 0.2) is 30.7 Å². The molecule has 1 atom stereocenters. The first-order valence-corrected chi connectivity index (χ1v) is 7.84. The zero-order valence-electron chi connectivity index (χ0n) is 12.5. The number of aryl methyl sites for hydroxylation is 1. The van der Waals surface area contributed by atoms with Gasteiger partial charge in [-0.2, -0.15) is 0 Å². The molecule has 21 heavy (non-hydrogen) atoms. The van der Waals surface area contributed by atoms with Gasteiger partial charge >= 0.3 is 0 Å². The Labute approximate surface area is 126 Å². The van der Waals surface area contributed by atoms with Crippen molar-refractivity contribution in [2.75, 3.05) is 6.54 Å². The Morgan fingerprint density at radius 1 is 1.29 bits per heavy atom. The number of nitrogens with one attached hydrogen (secondary N) is 1. The van der Waals surface area contributed by atoms with Gasteiger partial charge in [0.15, 0.2) is 0 Å². The van der Waals surface area contributed by atoms with Gasteiger partial charge in [0.25, 0.3) is 0 Å². The molecule has 1 N–H and O–H groups in total. The fourth-order valence-corrected chi connectivity index (χ4v) is 2.98. The normalized spacial score (nSPS) is 18.0. The molecule has 2 aromatic heterocycles. The maximum Gasteiger partial charge on any atom is 0.132 e. The molecule has 4 nitrogen and oxygen atoms in total. The summed E-state index contributed by atoms with van der Waals surface area (Å²) in [4.78, 5) is 13.6. The molecule has 0 saturated heterocycles. The summed E-state index contributed by atoms with van der Waals surface area (Å²) in [6, 6.07) is 4.45. The van der Waals surface area contributed by atoms with Gasteiger partial charge in [-0.05, 0) is 37.4 Å². The zero-order chi connectivity index (χ0) is 14.5. The average Bonchev–Trinajstić information content (AvgIpc) is 2.71. The van der Waals surface area contributed by atoms with Gasteiger partial charge in [0.1, 0.15) is 5.82 Å². The van der Waals surface area contributed by atoms with Crippen molar-refractivity contribution >= 4 is 0 Å². The van der Waals surface area contributed by atoms with E-state index in [1.165, 1.54) is 30.5 Å². The lowest BCUT2D eigenvalue weighted by atomic mass is 10.0. The number of aromatic nitrogens is 3. The summed E-state index contributed by atoms with van der Waals surface area (Å²) in [5.41, 5.74) is 3.69. The molecule has 0 aliphatic heterocycles. The first-order valence-electron chi connectivity index (χ1n) is 7.84. The van der Waals surface area contributed by atoms with Crippen molar-refractivity contribution < 1.29 is 0 Å². The predicted molar refractivity (Wildman–Crippen MR) is 83.0 cm³/mol. The van der Waals surface area contributed by atoms with Crippen molar-refractivity contribution in [2.45, 2.75) is 45.1 Å². The van der Waals surface area contributed by atoms with Gasteiger partial charge in [-0.25, -0.2) is 9.97 Å². The maximum absolute atomic E-state index is 4.82. The monoisotopic (exact) mass is 282 g/mol. The molecule has 0 bridgehead atoms. The van der Waals surface area contributed by atoms with E-state index >= 15 is 0 Å². The van der Waals surface area contributed by atoms with E-state index in [0.717, 1.165) is 30.8 Å². The summed E-state index contributed by atoms with van der Waals surface area (Å²) < 4.78 is 0. The van der Waals surface area contributed by atoms with Gasteiger partial charge in [0, 0.05) is 42.3 Å². The SMILES string of the molecule is CCNC1CCCCc2nc(Cc3cccnc3)ncc21. The first-order chi connectivity index (χ1) is 10.4. The van der Waals surface area contributed by atoms with E-state index in [1.807, 2.05) is 18.5 Å².